The van der Waals surface area contributed by atoms with Crippen molar-refractivity contribution in [3.63, 3.8) is 0 Å². The Morgan fingerprint density at radius 2 is 0.549 bits per heavy atom. The molecule has 0 fully saturated rings. The Hall–Kier alpha value is -7.45. The van der Waals surface area contributed by atoms with Crippen LogP contribution in [0.1, 0.15) is 46.2 Å². The fourth-order valence-electron chi connectivity index (χ4n) is 12.3. The third-order valence-corrected chi connectivity index (χ3v) is 23.7. The lowest BCUT2D eigenvalue weighted by Crippen LogP contribution is -2.69. The summed E-state index contributed by atoms with van der Waals surface area (Å²) in [6.07, 6.45) is 3.25. The van der Waals surface area contributed by atoms with Crippen molar-refractivity contribution < 1.29 is 8.85 Å². The third kappa shape index (κ3) is 7.89. The van der Waals surface area contributed by atoms with Crippen LogP contribution in [-0.2, 0) is 27.1 Å². The van der Waals surface area contributed by atoms with E-state index in [0.29, 0.717) is 13.2 Å². The normalized spacial score (nSPS) is 12.7. The predicted molar refractivity (Wildman–Crippen MR) is 299 cm³/mol. The van der Waals surface area contributed by atoms with Crippen molar-refractivity contribution in [2.24, 2.45) is 0 Å². The van der Waals surface area contributed by atoms with E-state index in [9.17, 15) is 0 Å². The maximum atomic E-state index is 8.01. The number of hydrogen-bond donors (Lipinski definition) is 0. The Labute approximate surface area is 421 Å². The van der Waals surface area contributed by atoms with Crippen molar-refractivity contribution in [1.29, 1.82) is 0 Å². The maximum absolute atomic E-state index is 8.01. The highest BCUT2D eigenvalue weighted by Gasteiger charge is 2.47. The summed E-state index contributed by atoms with van der Waals surface area (Å²) in [5.41, 5.74) is 13.2. The highest BCUT2D eigenvalue weighted by atomic mass is 28.4. The van der Waals surface area contributed by atoms with Crippen LogP contribution < -0.4 is 31.1 Å². The fraction of sp³-hybridized carbons (Fsp3) is 0.104. The van der Waals surface area contributed by atoms with Crippen LogP contribution in [0.15, 0.2) is 267 Å². The first-order chi connectivity index (χ1) is 35.2. The lowest BCUT2D eigenvalue weighted by molar-refractivity contribution is 0.231. The SMILES string of the molecule is c1ccc([Si](OCCC(CCO[Si](c2ccccc2)(c2ccccc2)c2ccccc2)(c2cccc3c2Cc2ccccc2-3)c2cccc3c2Cc2ccccc2-3)(c2ccccc2)c2ccccc2)cc1. The molecule has 10 aromatic rings. The van der Waals surface area contributed by atoms with Gasteiger partial charge >= 0.3 is 0 Å². The summed E-state index contributed by atoms with van der Waals surface area (Å²) in [7, 11) is -6.18. The molecule has 0 saturated heterocycles. The van der Waals surface area contributed by atoms with Gasteiger partial charge in [-0.2, -0.15) is 0 Å². The third-order valence-electron chi connectivity index (χ3n) is 15.5. The van der Waals surface area contributed by atoms with Gasteiger partial charge < -0.3 is 8.85 Å². The Morgan fingerprint density at radius 3 is 0.859 bits per heavy atom. The molecule has 0 aliphatic heterocycles. The average molecular weight is 949 g/mol. The van der Waals surface area contributed by atoms with E-state index in [-0.39, 0.29) is 0 Å². The summed E-state index contributed by atoms with van der Waals surface area (Å²) >= 11 is 0. The first-order valence-corrected chi connectivity index (χ1v) is 29.0. The molecule has 0 heterocycles. The number of rotatable bonds is 16. The summed E-state index contributed by atoms with van der Waals surface area (Å²) in [6.45, 7) is 1.05. The fourth-order valence-corrected chi connectivity index (χ4v) is 20.1. The van der Waals surface area contributed by atoms with E-state index < -0.39 is 22.0 Å². The molecule has 0 N–H and O–H groups in total. The Bertz CT molecular complexity index is 2990. The number of hydrogen-bond acceptors (Lipinski definition) is 2. The molecule has 0 saturated carbocycles. The minimum Gasteiger partial charge on any atom is -0.404 e. The molecular weight excluding hydrogens is 893 g/mol. The molecule has 2 aliphatic rings. The first kappa shape index (κ1) is 44.7. The molecule has 2 nitrogen and oxygen atoms in total. The van der Waals surface area contributed by atoms with Crippen molar-refractivity contribution in [3.05, 3.63) is 300 Å². The second-order valence-corrected chi connectivity index (χ2v) is 25.9. The van der Waals surface area contributed by atoms with Crippen molar-refractivity contribution in [1.82, 2.24) is 0 Å². The van der Waals surface area contributed by atoms with Gasteiger partial charge in [0.2, 0.25) is 0 Å². The van der Waals surface area contributed by atoms with Gasteiger partial charge in [-0.05, 0) is 112 Å². The smallest absolute Gasteiger partial charge is 0.288 e. The molecule has 344 valence electrons. The molecule has 10 aromatic carbocycles. The molecule has 0 unspecified atom stereocenters. The molecule has 0 amide bonds. The zero-order valence-electron chi connectivity index (χ0n) is 40.0. The maximum Gasteiger partial charge on any atom is 0.288 e. The Kier molecular flexibility index (Phi) is 12.2. The lowest BCUT2D eigenvalue weighted by atomic mass is 9.66. The predicted octanol–water partition coefficient (Wildman–Crippen LogP) is 11.3. The molecule has 0 radical (unpaired) electrons. The van der Waals surface area contributed by atoms with Gasteiger partial charge in [-0.3, -0.25) is 0 Å². The highest BCUT2D eigenvalue weighted by molar-refractivity contribution is 7.07. The summed E-state index contributed by atoms with van der Waals surface area (Å²) in [5, 5.41) is 7.43. The molecule has 12 rings (SSSR count). The molecule has 0 spiro atoms. The molecule has 71 heavy (non-hydrogen) atoms. The van der Waals surface area contributed by atoms with E-state index in [1.807, 2.05) is 0 Å². The largest absolute Gasteiger partial charge is 0.404 e. The summed E-state index contributed by atoms with van der Waals surface area (Å²) in [4.78, 5) is 0. The molecule has 0 bridgehead atoms. The van der Waals surface area contributed by atoms with E-state index in [4.69, 9.17) is 8.85 Å². The lowest BCUT2D eigenvalue weighted by Gasteiger charge is -2.41. The topological polar surface area (TPSA) is 18.5 Å². The van der Waals surface area contributed by atoms with Crippen LogP contribution in [0.2, 0.25) is 0 Å². The van der Waals surface area contributed by atoms with Crippen molar-refractivity contribution in [2.75, 3.05) is 13.2 Å². The van der Waals surface area contributed by atoms with Gasteiger partial charge in [0.05, 0.1) is 0 Å². The molecule has 2 aliphatic carbocycles. The summed E-state index contributed by atoms with van der Waals surface area (Å²) in [5.74, 6) is 0. The molecular formula is C67H56O2Si2. The van der Waals surface area contributed by atoms with Crippen LogP contribution in [0.25, 0.3) is 22.3 Å². The minimum absolute atomic E-state index is 0.525. The average Bonchev–Trinajstić information content (AvgIpc) is 4.03. The van der Waals surface area contributed by atoms with Crippen molar-refractivity contribution in [3.8, 4) is 22.3 Å². The van der Waals surface area contributed by atoms with Crippen LogP contribution in [0.4, 0.5) is 0 Å². The van der Waals surface area contributed by atoms with Gasteiger partial charge in [-0.25, -0.2) is 0 Å². The number of fused-ring (bicyclic) bond motifs is 6. The molecule has 0 atom stereocenters. The van der Waals surface area contributed by atoms with Gasteiger partial charge in [-0.1, -0.05) is 267 Å². The van der Waals surface area contributed by atoms with E-state index >= 15 is 0 Å². The van der Waals surface area contributed by atoms with E-state index in [0.717, 1.165) is 25.7 Å². The van der Waals surface area contributed by atoms with Crippen LogP contribution in [0.3, 0.4) is 0 Å². The highest BCUT2D eigenvalue weighted by Crippen LogP contribution is 2.51. The van der Waals surface area contributed by atoms with Crippen LogP contribution in [0.5, 0.6) is 0 Å². The van der Waals surface area contributed by atoms with Crippen LogP contribution in [-0.4, -0.2) is 29.8 Å². The zero-order valence-corrected chi connectivity index (χ0v) is 42.0. The standard InChI is InChI=1S/C67H56O2Si2/c1-7-27-53(28-8-1)70(54-29-9-2-10-30-54,55-31-11-3-12-32-55)68-47-45-67(65-43-23-41-61-59-39-21-19-25-51(59)49-63(61)65,66-44-24-42-62-60-40-22-20-26-52(60)50-64(62)66)46-48-69-71(56-33-13-4-14-34-56,57-35-15-5-16-36-57)58-37-17-6-18-38-58/h1-44H,45-50H2. The zero-order chi connectivity index (χ0) is 47.5. The van der Waals surface area contributed by atoms with E-state index in [2.05, 4.69) is 267 Å². The van der Waals surface area contributed by atoms with Gasteiger partial charge in [0.15, 0.2) is 0 Å². The van der Waals surface area contributed by atoms with Gasteiger partial charge in [0.25, 0.3) is 16.6 Å². The first-order valence-electron chi connectivity index (χ1n) is 25.2. The summed E-state index contributed by atoms with van der Waals surface area (Å²) < 4.78 is 16.0. The van der Waals surface area contributed by atoms with Crippen molar-refractivity contribution in [2.45, 2.75) is 31.1 Å². The van der Waals surface area contributed by atoms with Crippen LogP contribution >= 0.6 is 0 Å². The van der Waals surface area contributed by atoms with E-state index in [1.165, 1.54) is 86.8 Å². The van der Waals surface area contributed by atoms with Crippen molar-refractivity contribution >= 4 is 47.8 Å². The Balaban J connectivity index is 1.07. The minimum atomic E-state index is -3.09. The second-order valence-electron chi connectivity index (χ2n) is 19.2. The Morgan fingerprint density at radius 1 is 0.282 bits per heavy atom. The number of benzene rings is 10. The van der Waals surface area contributed by atoms with E-state index in [1.54, 1.807) is 0 Å². The monoisotopic (exact) mass is 948 g/mol. The van der Waals surface area contributed by atoms with Gasteiger partial charge in [0, 0.05) is 18.6 Å². The quantitative estimate of drug-likeness (QED) is 0.0710. The summed E-state index contributed by atoms with van der Waals surface area (Å²) in [6, 6.07) is 98.6. The second kappa shape index (κ2) is 19.4. The molecule has 0 aromatic heterocycles. The molecule has 4 heteroatoms. The van der Waals surface area contributed by atoms with Gasteiger partial charge in [-0.15, -0.1) is 0 Å². The van der Waals surface area contributed by atoms with Crippen LogP contribution in [0, 0.1) is 0 Å². The van der Waals surface area contributed by atoms with Gasteiger partial charge in [0.1, 0.15) is 0 Å².